The van der Waals surface area contributed by atoms with Gasteiger partial charge in [0.1, 0.15) is 6.61 Å². The predicted octanol–water partition coefficient (Wildman–Crippen LogP) is 7.08. The van der Waals surface area contributed by atoms with Gasteiger partial charge in [-0.05, 0) is 90.2 Å². The molecule has 0 radical (unpaired) electrons. The molecule has 0 unspecified atom stereocenters. The maximum atomic E-state index is 11.6. The number of methoxy groups -OCH3 is 2. The lowest BCUT2D eigenvalue weighted by molar-refractivity contribution is -0.137. The van der Waals surface area contributed by atoms with Gasteiger partial charge in [-0.25, -0.2) is 4.79 Å². The van der Waals surface area contributed by atoms with Crippen molar-refractivity contribution in [3.8, 4) is 17.2 Å². The third-order valence-electron chi connectivity index (χ3n) is 4.96. The Morgan fingerprint density at radius 3 is 2.00 bits per heavy atom. The second-order valence-corrected chi connectivity index (χ2v) is 8.11. The second kappa shape index (κ2) is 15.8. The first kappa shape index (κ1) is 28.1. The van der Waals surface area contributed by atoms with E-state index in [9.17, 15) is 4.79 Å². The van der Waals surface area contributed by atoms with Crippen LogP contribution in [-0.4, -0.2) is 33.4 Å². The van der Waals surface area contributed by atoms with Gasteiger partial charge in [-0.3, -0.25) is 0 Å². The Hall–Kier alpha value is -2.95. The largest absolute Gasteiger partial charge is 0.493 e. The summed E-state index contributed by atoms with van der Waals surface area (Å²) in [5, 5.41) is 0. The van der Waals surface area contributed by atoms with Crippen molar-refractivity contribution in [3.63, 3.8) is 0 Å². The van der Waals surface area contributed by atoms with Crippen LogP contribution in [0, 0.1) is 0 Å². The van der Waals surface area contributed by atoms with Crippen LogP contribution in [0.15, 0.2) is 53.2 Å². The van der Waals surface area contributed by atoms with Crippen LogP contribution >= 0.6 is 0 Å². The van der Waals surface area contributed by atoms with Gasteiger partial charge in [-0.2, -0.15) is 0 Å². The smallest absolute Gasteiger partial charge is 0.330 e. The van der Waals surface area contributed by atoms with Gasteiger partial charge in [0.25, 0.3) is 0 Å². The lowest BCUT2D eigenvalue weighted by atomic mass is 10.1. The van der Waals surface area contributed by atoms with Crippen molar-refractivity contribution in [1.82, 2.24) is 0 Å². The first-order chi connectivity index (χ1) is 15.8. The summed E-state index contributed by atoms with van der Waals surface area (Å²) in [6.45, 7) is 11.1. The molecule has 0 aromatic heterocycles. The van der Waals surface area contributed by atoms with E-state index in [4.69, 9.17) is 18.9 Å². The zero-order chi connectivity index (χ0) is 24.6. The van der Waals surface area contributed by atoms with Gasteiger partial charge in [-0.15, -0.1) is 0 Å². The van der Waals surface area contributed by atoms with E-state index >= 15 is 0 Å². The average Bonchev–Trinajstić information content (AvgIpc) is 2.77. The maximum absolute atomic E-state index is 11.6. The first-order valence-electron chi connectivity index (χ1n) is 11.5. The van der Waals surface area contributed by atoms with Crippen molar-refractivity contribution in [2.45, 2.75) is 60.3 Å². The van der Waals surface area contributed by atoms with E-state index in [2.05, 4.69) is 45.9 Å². The molecule has 33 heavy (non-hydrogen) atoms. The Labute approximate surface area is 199 Å². The molecule has 0 aliphatic heterocycles. The van der Waals surface area contributed by atoms with Gasteiger partial charge < -0.3 is 18.9 Å². The van der Waals surface area contributed by atoms with Crippen LogP contribution in [0.2, 0.25) is 0 Å². The van der Waals surface area contributed by atoms with Crippen LogP contribution in [-0.2, 0) is 9.53 Å². The normalized spacial score (nSPS) is 12.0. The fourth-order valence-corrected chi connectivity index (χ4v) is 3.10. The monoisotopic (exact) mass is 456 g/mol. The summed E-state index contributed by atoms with van der Waals surface area (Å²) in [5.41, 5.74) is 4.83. The van der Waals surface area contributed by atoms with Crippen LogP contribution in [0.25, 0.3) is 6.08 Å². The number of hydrogen-bond acceptors (Lipinski definition) is 5. The number of hydrogen-bond donors (Lipinski definition) is 0. The van der Waals surface area contributed by atoms with E-state index in [1.54, 1.807) is 39.4 Å². The predicted molar refractivity (Wildman–Crippen MR) is 136 cm³/mol. The van der Waals surface area contributed by atoms with Gasteiger partial charge in [0.15, 0.2) is 11.5 Å². The van der Waals surface area contributed by atoms with Gasteiger partial charge in [0.2, 0.25) is 5.75 Å². The minimum atomic E-state index is -0.394. The second-order valence-electron chi connectivity index (χ2n) is 8.11. The van der Waals surface area contributed by atoms with Crippen LogP contribution in [0.4, 0.5) is 0 Å². The molecule has 0 spiro atoms. The molecule has 0 amide bonds. The van der Waals surface area contributed by atoms with Gasteiger partial charge in [0.05, 0.1) is 20.8 Å². The molecule has 182 valence electrons. The van der Waals surface area contributed by atoms with Gasteiger partial charge in [-0.1, -0.05) is 28.9 Å². The molecule has 0 fully saturated rings. The molecule has 0 atom stereocenters. The minimum Gasteiger partial charge on any atom is -0.493 e. The molecular formula is C28H40O5. The summed E-state index contributed by atoms with van der Waals surface area (Å²) in [7, 11) is 3.15. The van der Waals surface area contributed by atoms with E-state index in [0.29, 0.717) is 30.5 Å². The SMILES string of the molecule is CCOC(=O)/C=C/c1cc(OC)c(OC/C=C(\C)CC/C=C(\C)CCC=C(C)C)c(OC)c1. The standard InChI is InChI=1S/C28H40O5/c1-8-32-27(29)16-15-24-19-25(30-6)28(26(20-24)31-7)33-18-17-23(5)14-10-13-22(4)12-9-11-21(2)3/h11,13,15-17,19-20H,8-10,12,14,18H2,1-7H3/b16-15+,22-13+,23-17+. The average molecular weight is 457 g/mol. The van der Waals surface area contributed by atoms with E-state index in [1.807, 2.05) is 0 Å². The van der Waals surface area contributed by atoms with Gasteiger partial charge in [0, 0.05) is 6.08 Å². The number of carbonyl (C=O) groups excluding carboxylic acids is 1. The Balaban J connectivity index is 2.72. The molecule has 0 saturated carbocycles. The number of carbonyl (C=O) groups is 1. The molecule has 0 heterocycles. The third kappa shape index (κ3) is 11.5. The number of allylic oxidation sites excluding steroid dienone is 5. The van der Waals surface area contributed by atoms with Crippen LogP contribution in [0.1, 0.15) is 65.9 Å². The number of esters is 1. The summed E-state index contributed by atoms with van der Waals surface area (Å²) in [6, 6.07) is 3.60. The summed E-state index contributed by atoms with van der Waals surface area (Å²) in [4.78, 5) is 11.6. The van der Waals surface area contributed by atoms with Crippen LogP contribution in [0.3, 0.4) is 0 Å². The first-order valence-corrected chi connectivity index (χ1v) is 11.5. The molecular weight excluding hydrogens is 416 g/mol. The zero-order valence-electron chi connectivity index (χ0n) is 21.3. The van der Waals surface area contributed by atoms with Crippen molar-refractivity contribution < 1.29 is 23.7 Å². The van der Waals surface area contributed by atoms with E-state index in [0.717, 1.165) is 31.2 Å². The van der Waals surface area contributed by atoms with Crippen molar-refractivity contribution >= 4 is 12.0 Å². The Kier molecular flexibility index (Phi) is 13.4. The molecule has 0 aliphatic rings. The highest BCUT2D eigenvalue weighted by molar-refractivity contribution is 5.87. The van der Waals surface area contributed by atoms with Gasteiger partial charge >= 0.3 is 5.97 Å². The summed E-state index contributed by atoms with van der Waals surface area (Å²) < 4.78 is 21.9. The molecule has 0 aliphatic carbocycles. The molecule has 1 aromatic rings. The lowest BCUT2D eigenvalue weighted by Gasteiger charge is -2.15. The third-order valence-corrected chi connectivity index (χ3v) is 4.96. The fourth-order valence-electron chi connectivity index (χ4n) is 3.10. The number of ether oxygens (including phenoxy) is 4. The Bertz CT molecular complexity index is 845. The van der Waals surface area contributed by atoms with E-state index in [1.165, 1.54) is 22.8 Å². The summed E-state index contributed by atoms with van der Waals surface area (Å²) in [5.74, 6) is 1.22. The fraction of sp³-hybridized carbons (Fsp3) is 0.464. The molecule has 5 nitrogen and oxygen atoms in total. The van der Waals surface area contributed by atoms with Crippen molar-refractivity contribution in [3.05, 3.63) is 58.7 Å². The molecule has 0 bridgehead atoms. The Morgan fingerprint density at radius 2 is 1.45 bits per heavy atom. The van der Waals surface area contributed by atoms with Crippen molar-refractivity contribution in [2.24, 2.45) is 0 Å². The van der Waals surface area contributed by atoms with Crippen molar-refractivity contribution in [2.75, 3.05) is 27.4 Å². The quantitative estimate of drug-likeness (QED) is 0.170. The lowest BCUT2D eigenvalue weighted by Crippen LogP contribution is -2.01. The molecule has 5 heteroatoms. The summed E-state index contributed by atoms with van der Waals surface area (Å²) >= 11 is 0. The summed E-state index contributed by atoms with van der Waals surface area (Å²) in [6.07, 6.45) is 14.0. The van der Waals surface area contributed by atoms with Crippen LogP contribution < -0.4 is 14.2 Å². The topological polar surface area (TPSA) is 54.0 Å². The molecule has 1 aromatic carbocycles. The molecule has 0 saturated heterocycles. The van der Waals surface area contributed by atoms with Crippen molar-refractivity contribution in [1.29, 1.82) is 0 Å². The number of rotatable bonds is 14. The molecule has 1 rings (SSSR count). The van der Waals surface area contributed by atoms with E-state index in [-0.39, 0.29) is 0 Å². The number of benzene rings is 1. The highest BCUT2D eigenvalue weighted by Crippen LogP contribution is 2.39. The molecule has 0 N–H and O–H groups in total. The minimum absolute atomic E-state index is 0.335. The highest BCUT2D eigenvalue weighted by Gasteiger charge is 2.13. The maximum Gasteiger partial charge on any atom is 0.330 e. The Morgan fingerprint density at radius 1 is 0.879 bits per heavy atom. The zero-order valence-corrected chi connectivity index (χ0v) is 21.3. The highest BCUT2D eigenvalue weighted by atomic mass is 16.5. The van der Waals surface area contributed by atoms with Crippen LogP contribution in [0.5, 0.6) is 17.2 Å². The van der Waals surface area contributed by atoms with E-state index < -0.39 is 5.97 Å².